The molecule has 1 amide bonds. The number of nitrogens with zero attached hydrogens (tertiary/aromatic N) is 2. The molecule has 3 rings (SSSR count). The number of hydrogen-bond donors (Lipinski definition) is 2. The van der Waals surface area contributed by atoms with E-state index in [1.807, 2.05) is 36.0 Å². The number of fused-ring (bicyclic) bond motifs is 3. The number of carbonyl (C=O) groups is 1. The normalized spacial score (nSPS) is 12.9. The summed E-state index contributed by atoms with van der Waals surface area (Å²) in [6.45, 7) is 2.58. The second-order valence-corrected chi connectivity index (χ2v) is 5.28. The van der Waals surface area contributed by atoms with Gasteiger partial charge in [0.05, 0.1) is 24.7 Å². The molecule has 3 aromatic rings. The molecule has 0 fully saturated rings. The molecule has 1 aromatic carbocycles. The monoisotopic (exact) mass is 286 g/mol. The number of benzene rings is 1. The first-order valence-electron chi connectivity index (χ1n) is 6.91. The fourth-order valence-corrected chi connectivity index (χ4v) is 2.49. The highest BCUT2D eigenvalue weighted by atomic mass is 16.3. The molecule has 3 N–H and O–H groups in total. The molecule has 1 unspecified atom stereocenters. The number of furan rings is 1. The van der Waals surface area contributed by atoms with E-state index in [0.717, 1.165) is 21.9 Å². The maximum absolute atomic E-state index is 11.5. The summed E-state index contributed by atoms with van der Waals surface area (Å²) in [4.78, 5) is 11.5. The van der Waals surface area contributed by atoms with Gasteiger partial charge in [0.15, 0.2) is 0 Å². The minimum absolute atomic E-state index is 0.0144. The zero-order valence-electron chi connectivity index (χ0n) is 12.1. The van der Waals surface area contributed by atoms with E-state index in [2.05, 4.69) is 10.4 Å². The quantitative estimate of drug-likeness (QED) is 0.759. The zero-order valence-corrected chi connectivity index (χ0v) is 12.1. The maximum Gasteiger partial charge on any atom is 0.227 e. The van der Waals surface area contributed by atoms with Crippen LogP contribution in [-0.2, 0) is 17.8 Å². The second-order valence-electron chi connectivity index (χ2n) is 5.28. The van der Waals surface area contributed by atoms with E-state index < -0.39 is 0 Å². The summed E-state index contributed by atoms with van der Waals surface area (Å²) in [5, 5.41) is 8.98. The fraction of sp³-hybridized carbons (Fsp3) is 0.333. The van der Waals surface area contributed by atoms with Gasteiger partial charge < -0.3 is 15.5 Å². The van der Waals surface area contributed by atoms with Crippen molar-refractivity contribution in [1.82, 2.24) is 15.1 Å². The Morgan fingerprint density at radius 1 is 1.52 bits per heavy atom. The first-order chi connectivity index (χ1) is 10.1. The third-order valence-corrected chi connectivity index (χ3v) is 3.42. The van der Waals surface area contributed by atoms with Crippen LogP contribution in [-0.4, -0.2) is 28.8 Å². The van der Waals surface area contributed by atoms with Crippen LogP contribution in [0.3, 0.4) is 0 Å². The van der Waals surface area contributed by atoms with Crippen LogP contribution >= 0.6 is 0 Å². The standard InChI is InChI=1S/C15H18N4O2/c1-9(16)8-19-15-10(7-18-19)3-4-13-12(15)5-11(21-13)6-14(20)17-2/h3-5,7,9H,6,8,16H2,1-2H3,(H,17,20). The van der Waals surface area contributed by atoms with Crippen molar-refractivity contribution in [3.8, 4) is 0 Å². The lowest BCUT2D eigenvalue weighted by Gasteiger charge is -2.06. The predicted molar refractivity (Wildman–Crippen MR) is 80.9 cm³/mol. The molecule has 0 saturated carbocycles. The summed E-state index contributed by atoms with van der Waals surface area (Å²) in [5.74, 6) is 0.569. The van der Waals surface area contributed by atoms with Gasteiger partial charge in [-0.05, 0) is 25.1 Å². The van der Waals surface area contributed by atoms with E-state index in [1.54, 1.807) is 7.05 Å². The second kappa shape index (κ2) is 5.21. The Morgan fingerprint density at radius 3 is 3.05 bits per heavy atom. The Bertz CT molecular complexity index is 801. The Balaban J connectivity index is 2.12. The molecule has 0 aliphatic rings. The number of likely N-dealkylation sites (N-methyl/N-ethyl adjacent to an activating group) is 1. The molecule has 6 nitrogen and oxygen atoms in total. The average Bonchev–Trinajstić information content (AvgIpc) is 3.01. The lowest BCUT2D eigenvalue weighted by atomic mass is 10.1. The molecule has 0 aliphatic carbocycles. The van der Waals surface area contributed by atoms with Crippen LogP contribution in [0.5, 0.6) is 0 Å². The molecule has 6 heteroatoms. The average molecular weight is 286 g/mol. The van der Waals surface area contributed by atoms with Gasteiger partial charge in [-0.3, -0.25) is 9.48 Å². The molecular weight excluding hydrogens is 268 g/mol. The largest absolute Gasteiger partial charge is 0.460 e. The maximum atomic E-state index is 11.5. The van der Waals surface area contributed by atoms with Gasteiger partial charge in [-0.1, -0.05) is 0 Å². The minimum Gasteiger partial charge on any atom is -0.460 e. The Hall–Kier alpha value is -2.34. The lowest BCUT2D eigenvalue weighted by Crippen LogP contribution is -2.22. The zero-order chi connectivity index (χ0) is 15.0. The number of nitrogens with one attached hydrogen (secondary N) is 1. The Labute approximate surface area is 121 Å². The molecule has 0 saturated heterocycles. The number of rotatable bonds is 4. The van der Waals surface area contributed by atoms with Gasteiger partial charge in [-0.25, -0.2) is 0 Å². The van der Waals surface area contributed by atoms with Crippen molar-refractivity contribution in [3.05, 3.63) is 30.2 Å². The van der Waals surface area contributed by atoms with Crippen LogP contribution in [0.15, 0.2) is 28.8 Å². The lowest BCUT2D eigenvalue weighted by molar-refractivity contribution is -0.120. The molecular formula is C15H18N4O2. The predicted octanol–water partition coefficient (Wildman–Crippen LogP) is 1.42. The number of aromatic nitrogens is 2. The van der Waals surface area contributed by atoms with Crippen molar-refractivity contribution in [2.75, 3.05) is 7.05 Å². The summed E-state index contributed by atoms with van der Waals surface area (Å²) < 4.78 is 7.64. The molecule has 110 valence electrons. The van der Waals surface area contributed by atoms with Gasteiger partial charge >= 0.3 is 0 Å². The van der Waals surface area contributed by atoms with Crippen LogP contribution < -0.4 is 11.1 Å². The molecule has 0 radical (unpaired) electrons. The van der Waals surface area contributed by atoms with Crippen LogP contribution in [0.25, 0.3) is 21.9 Å². The summed E-state index contributed by atoms with van der Waals surface area (Å²) >= 11 is 0. The van der Waals surface area contributed by atoms with Gasteiger partial charge in [-0.15, -0.1) is 0 Å². The van der Waals surface area contributed by atoms with Crippen LogP contribution in [0.2, 0.25) is 0 Å². The van der Waals surface area contributed by atoms with Gasteiger partial charge in [0.1, 0.15) is 11.3 Å². The van der Waals surface area contributed by atoms with E-state index in [-0.39, 0.29) is 18.4 Å². The smallest absolute Gasteiger partial charge is 0.227 e. The summed E-state index contributed by atoms with van der Waals surface area (Å²) in [6, 6.07) is 5.80. The highest BCUT2D eigenvalue weighted by Gasteiger charge is 2.14. The van der Waals surface area contributed by atoms with E-state index in [0.29, 0.717) is 12.3 Å². The van der Waals surface area contributed by atoms with Crippen LogP contribution in [0.4, 0.5) is 0 Å². The summed E-state index contributed by atoms with van der Waals surface area (Å²) in [7, 11) is 1.61. The van der Waals surface area contributed by atoms with Crippen LogP contribution in [0.1, 0.15) is 12.7 Å². The van der Waals surface area contributed by atoms with E-state index in [4.69, 9.17) is 10.2 Å². The van der Waals surface area contributed by atoms with Crippen molar-refractivity contribution in [3.63, 3.8) is 0 Å². The molecule has 2 heterocycles. The summed E-state index contributed by atoms with van der Waals surface area (Å²) in [5.41, 5.74) is 7.62. The van der Waals surface area contributed by atoms with E-state index in [9.17, 15) is 4.79 Å². The molecule has 2 aromatic heterocycles. The first kappa shape index (κ1) is 13.6. The van der Waals surface area contributed by atoms with Crippen molar-refractivity contribution in [2.24, 2.45) is 5.73 Å². The van der Waals surface area contributed by atoms with Gasteiger partial charge in [-0.2, -0.15) is 5.10 Å². The van der Waals surface area contributed by atoms with Crippen LogP contribution in [0, 0.1) is 0 Å². The number of amides is 1. The minimum atomic E-state index is -0.0746. The van der Waals surface area contributed by atoms with Crippen molar-refractivity contribution in [1.29, 1.82) is 0 Å². The first-order valence-corrected chi connectivity index (χ1v) is 6.91. The van der Waals surface area contributed by atoms with Crippen molar-refractivity contribution in [2.45, 2.75) is 25.9 Å². The third kappa shape index (κ3) is 2.50. The van der Waals surface area contributed by atoms with E-state index in [1.165, 1.54) is 0 Å². The van der Waals surface area contributed by atoms with Crippen molar-refractivity contribution >= 4 is 27.8 Å². The molecule has 21 heavy (non-hydrogen) atoms. The molecule has 0 aliphatic heterocycles. The number of hydrogen-bond acceptors (Lipinski definition) is 4. The highest BCUT2D eigenvalue weighted by molar-refractivity contribution is 6.04. The van der Waals surface area contributed by atoms with Gasteiger partial charge in [0.2, 0.25) is 5.91 Å². The number of nitrogens with two attached hydrogens (primary N) is 1. The van der Waals surface area contributed by atoms with Gasteiger partial charge in [0, 0.05) is 23.9 Å². The van der Waals surface area contributed by atoms with Gasteiger partial charge in [0.25, 0.3) is 0 Å². The Kier molecular flexibility index (Phi) is 3.39. The fourth-order valence-electron chi connectivity index (χ4n) is 2.49. The molecule has 1 atom stereocenters. The molecule has 0 bridgehead atoms. The Morgan fingerprint density at radius 2 is 2.33 bits per heavy atom. The highest BCUT2D eigenvalue weighted by Crippen LogP contribution is 2.28. The van der Waals surface area contributed by atoms with Crippen molar-refractivity contribution < 1.29 is 9.21 Å². The summed E-state index contributed by atoms with van der Waals surface area (Å²) in [6.07, 6.45) is 2.05. The topological polar surface area (TPSA) is 86.1 Å². The third-order valence-electron chi connectivity index (χ3n) is 3.42. The van der Waals surface area contributed by atoms with E-state index >= 15 is 0 Å². The molecule has 0 spiro atoms. The SMILES string of the molecule is CNC(=O)Cc1cc2c(ccc3cnn(CC(C)N)c32)o1. The number of carbonyl (C=O) groups excluding carboxylic acids is 1.